The standard InChI is InChI=1S/C12H7Cl2F3N2/c13-8-3-7(18)4-9(14)11(8)6-1-2-10(19-5-6)12(15,16)17/h1-5H,18H2. The smallest absolute Gasteiger partial charge is 0.399 e. The van der Waals surface area contributed by atoms with Crippen molar-refractivity contribution in [2.24, 2.45) is 0 Å². The van der Waals surface area contributed by atoms with Crippen LogP contribution in [0.25, 0.3) is 11.1 Å². The van der Waals surface area contributed by atoms with E-state index in [0.717, 1.165) is 12.3 Å². The van der Waals surface area contributed by atoms with Crippen LogP contribution < -0.4 is 5.73 Å². The Balaban J connectivity index is 2.49. The zero-order valence-electron chi connectivity index (χ0n) is 9.30. The van der Waals surface area contributed by atoms with Gasteiger partial charge in [-0.1, -0.05) is 29.3 Å². The van der Waals surface area contributed by atoms with Gasteiger partial charge in [0.05, 0.1) is 10.0 Å². The lowest BCUT2D eigenvalue weighted by Crippen LogP contribution is -2.07. The summed E-state index contributed by atoms with van der Waals surface area (Å²) in [5.74, 6) is 0. The highest BCUT2D eigenvalue weighted by Crippen LogP contribution is 2.37. The van der Waals surface area contributed by atoms with Gasteiger partial charge >= 0.3 is 6.18 Å². The average Bonchev–Trinajstić information content (AvgIpc) is 2.27. The van der Waals surface area contributed by atoms with Crippen LogP contribution in [0.1, 0.15) is 5.69 Å². The highest BCUT2D eigenvalue weighted by Gasteiger charge is 2.32. The highest BCUT2D eigenvalue weighted by molar-refractivity contribution is 6.39. The Kier molecular flexibility index (Phi) is 3.60. The summed E-state index contributed by atoms with van der Waals surface area (Å²) in [5.41, 5.74) is 5.75. The fourth-order valence-corrected chi connectivity index (χ4v) is 2.30. The summed E-state index contributed by atoms with van der Waals surface area (Å²) in [6.45, 7) is 0. The monoisotopic (exact) mass is 306 g/mol. The molecule has 100 valence electrons. The van der Waals surface area contributed by atoms with Crippen molar-refractivity contribution in [3.63, 3.8) is 0 Å². The van der Waals surface area contributed by atoms with E-state index in [2.05, 4.69) is 4.98 Å². The second-order valence-corrected chi connectivity index (χ2v) is 4.60. The van der Waals surface area contributed by atoms with E-state index in [1.165, 1.54) is 18.2 Å². The third-order valence-corrected chi connectivity index (χ3v) is 3.00. The minimum atomic E-state index is -4.48. The highest BCUT2D eigenvalue weighted by atomic mass is 35.5. The molecule has 0 fully saturated rings. The zero-order chi connectivity index (χ0) is 14.2. The fraction of sp³-hybridized carbons (Fsp3) is 0.0833. The van der Waals surface area contributed by atoms with Gasteiger partial charge in [0, 0.05) is 23.0 Å². The Morgan fingerprint density at radius 2 is 1.63 bits per heavy atom. The van der Waals surface area contributed by atoms with Crippen LogP contribution in [-0.2, 0) is 6.18 Å². The molecule has 2 rings (SSSR count). The van der Waals surface area contributed by atoms with Gasteiger partial charge in [-0.25, -0.2) is 0 Å². The number of benzene rings is 1. The number of alkyl halides is 3. The zero-order valence-corrected chi connectivity index (χ0v) is 10.8. The van der Waals surface area contributed by atoms with E-state index in [-0.39, 0.29) is 10.0 Å². The summed E-state index contributed by atoms with van der Waals surface area (Å²) in [5, 5.41) is 0.512. The van der Waals surface area contributed by atoms with E-state index in [1.54, 1.807) is 0 Å². The van der Waals surface area contributed by atoms with Crippen LogP contribution in [0.3, 0.4) is 0 Å². The molecule has 0 aliphatic carbocycles. The minimum Gasteiger partial charge on any atom is -0.399 e. The number of nitrogens with zero attached hydrogens (tertiary/aromatic N) is 1. The molecule has 1 aromatic carbocycles. The van der Waals surface area contributed by atoms with Gasteiger partial charge in [0.25, 0.3) is 0 Å². The molecule has 0 bridgehead atoms. The molecule has 0 amide bonds. The van der Waals surface area contributed by atoms with Crippen LogP contribution in [0.4, 0.5) is 18.9 Å². The number of anilines is 1. The number of nitrogens with two attached hydrogens (primary N) is 1. The van der Waals surface area contributed by atoms with Crippen LogP contribution in [0, 0.1) is 0 Å². The molecule has 0 saturated heterocycles. The number of halogens is 5. The largest absolute Gasteiger partial charge is 0.433 e. The van der Waals surface area contributed by atoms with Crippen LogP contribution in [-0.4, -0.2) is 4.98 Å². The van der Waals surface area contributed by atoms with Gasteiger partial charge in [-0.2, -0.15) is 13.2 Å². The summed E-state index contributed by atoms with van der Waals surface area (Å²) >= 11 is 12.0. The molecule has 19 heavy (non-hydrogen) atoms. The molecule has 0 atom stereocenters. The van der Waals surface area contributed by atoms with Gasteiger partial charge in [0.2, 0.25) is 0 Å². The summed E-state index contributed by atoms with van der Waals surface area (Å²) in [6.07, 6.45) is -3.40. The fourth-order valence-electron chi connectivity index (χ4n) is 1.58. The molecule has 2 nitrogen and oxygen atoms in total. The quantitative estimate of drug-likeness (QED) is 0.778. The molecule has 0 aliphatic rings. The molecule has 2 N–H and O–H groups in total. The van der Waals surface area contributed by atoms with Gasteiger partial charge < -0.3 is 5.73 Å². The lowest BCUT2D eigenvalue weighted by Gasteiger charge is -2.10. The summed E-state index contributed by atoms with van der Waals surface area (Å²) in [4.78, 5) is 3.36. The van der Waals surface area contributed by atoms with E-state index >= 15 is 0 Å². The van der Waals surface area contributed by atoms with Crippen molar-refractivity contribution in [1.82, 2.24) is 4.98 Å². The first-order chi connectivity index (χ1) is 8.79. The van der Waals surface area contributed by atoms with Crippen molar-refractivity contribution >= 4 is 28.9 Å². The van der Waals surface area contributed by atoms with Crippen molar-refractivity contribution in [1.29, 1.82) is 0 Å². The molecule has 0 spiro atoms. The number of hydrogen-bond donors (Lipinski definition) is 1. The Hall–Kier alpha value is -1.46. The molecule has 7 heteroatoms. The summed E-state index contributed by atoms with van der Waals surface area (Å²) in [6, 6.07) is 5.08. The predicted molar refractivity (Wildman–Crippen MR) is 69.1 cm³/mol. The molecule has 0 saturated carbocycles. The Bertz CT molecular complexity index is 586. The molecule has 0 radical (unpaired) electrons. The van der Waals surface area contributed by atoms with Crippen molar-refractivity contribution in [2.75, 3.05) is 5.73 Å². The van der Waals surface area contributed by atoms with E-state index in [4.69, 9.17) is 28.9 Å². The molecular formula is C12H7Cl2F3N2. The molecule has 0 unspecified atom stereocenters. The molecular weight excluding hydrogens is 300 g/mol. The van der Waals surface area contributed by atoms with Crippen LogP contribution in [0.15, 0.2) is 30.5 Å². The van der Waals surface area contributed by atoms with E-state index in [0.29, 0.717) is 16.8 Å². The summed E-state index contributed by atoms with van der Waals surface area (Å²) < 4.78 is 37.2. The SMILES string of the molecule is Nc1cc(Cl)c(-c2ccc(C(F)(F)F)nc2)c(Cl)c1. The van der Waals surface area contributed by atoms with Crippen molar-refractivity contribution in [3.8, 4) is 11.1 Å². The Labute approximate surface area is 117 Å². The first-order valence-electron chi connectivity index (χ1n) is 5.07. The van der Waals surface area contributed by atoms with Gasteiger partial charge in [-0.15, -0.1) is 0 Å². The van der Waals surface area contributed by atoms with Crippen molar-refractivity contribution in [2.45, 2.75) is 6.18 Å². The topological polar surface area (TPSA) is 38.9 Å². The first-order valence-corrected chi connectivity index (χ1v) is 5.83. The van der Waals surface area contributed by atoms with Crippen LogP contribution in [0.5, 0.6) is 0 Å². The van der Waals surface area contributed by atoms with Gasteiger partial charge in [-0.05, 0) is 18.2 Å². The van der Waals surface area contributed by atoms with Gasteiger partial charge in [0.15, 0.2) is 0 Å². The number of rotatable bonds is 1. The van der Waals surface area contributed by atoms with Gasteiger partial charge in [0.1, 0.15) is 5.69 Å². The maximum atomic E-state index is 12.4. The second-order valence-electron chi connectivity index (χ2n) is 3.79. The third kappa shape index (κ3) is 2.93. The van der Waals surface area contributed by atoms with E-state index < -0.39 is 11.9 Å². The normalized spacial score (nSPS) is 11.6. The molecule has 2 aromatic rings. The first kappa shape index (κ1) is 14.0. The predicted octanol–water partition coefficient (Wildman–Crippen LogP) is 4.66. The number of nitrogen functional groups attached to an aromatic ring is 1. The molecule has 1 aromatic heterocycles. The maximum absolute atomic E-state index is 12.4. The summed E-state index contributed by atoms with van der Waals surface area (Å²) in [7, 11) is 0. The van der Waals surface area contributed by atoms with Crippen LogP contribution >= 0.6 is 23.2 Å². The van der Waals surface area contributed by atoms with Crippen molar-refractivity contribution < 1.29 is 13.2 Å². The average molecular weight is 307 g/mol. The Morgan fingerprint density at radius 3 is 2.05 bits per heavy atom. The third-order valence-electron chi connectivity index (χ3n) is 2.41. The Morgan fingerprint density at radius 1 is 1.05 bits per heavy atom. The van der Waals surface area contributed by atoms with Crippen LogP contribution in [0.2, 0.25) is 10.0 Å². The molecule has 1 heterocycles. The lowest BCUT2D eigenvalue weighted by atomic mass is 10.1. The maximum Gasteiger partial charge on any atom is 0.433 e. The molecule has 0 aliphatic heterocycles. The number of hydrogen-bond acceptors (Lipinski definition) is 2. The minimum absolute atomic E-state index is 0.256. The lowest BCUT2D eigenvalue weighted by molar-refractivity contribution is -0.141. The second kappa shape index (κ2) is 4.90. The van der Waals surface area contributed by atoms with Gasteiger partial charge in [-0.3, -0.25) is 4.98 Å². The number of aromatic nitrogens is 1. The van der Waals surface area contributed by atoms with E-state index in [9.17, 15) is 13.2 Å². The number of pyridine rings is 1. The van der Waals surface area contributed by atoms with Crippen molar-refractivity contribution in [3.05, 3.63) is 46.2 Å². The van der Waals surface area contributed by atoms with E-state index in [1.807, 2.05) is 0 Å².